The van der Waals surface area contributed by atoms with Crippen molar-refractivity contribution in [3.8, 4) is 0 Å². The van der Waals surface area contributed by atoms with Gasteiger partial charge in [-0.2, -0.15) is 4.72 Å². The lowest BCUT2D eigenvalue weighted by Gasteiger charge is -2.19. The van der Waals surface area contributed by atoms with Crippen molar-refractivity contribution in [2.45, 2.75) is 23.8 Å². The van der Waals surface area contributed by atoms with Gasteiger partial charge in [0.25, 0.3) is 5.56 Å². The van der Waals surface area contributed by atoms with Crippen LogP contribution in [0.25, 0.3) is 10.9 Å². The third kappa shape index (κ3) is 5.71. The summed E-state index contributed by atoms with van der Waals surface area (Å²) < 4.78 is 31.4. The summed E-state index contributed by atoms with van der Waals surface area (Å²) in [5.74, 6) is -0.484. The van der Waals surface area contributed by atoms with Crippen LogP contribution in [0.3, 0.4) is 0 Å². The maximum absolute atomic E-state index is 13.4. The van der Waals surface area contributed by atoms with Gasteiger partial charge in [-0.05, 0) is 42.2 Å². The van der Waals surface area contributed by atoms with E-state index in [1.807, 2.05) is 30.3 Å². The second-order valence-electron chi connectivity index (χ2n) is 8.73. The van der Waals surface area contributed by atoms with Crippen molar-refractivity contribution in [3.05, 3.63) is 111 Å². The topological polar surface area (TPSA) is 119 Å². The molecule has 0 fully saturated rings. The first-order valence-electron chi connectivity index (χ1n) is 11.8. The van der Waals surface area contributed by atoms with Gasteiger partial charge in [0.2, 0.25) is 15.9 Å². The number of nitrogens with one attached hydrogen (secondary N) is 2. The number of hydrogen-bond acceptors (Lipinski definition) is 5. The van der Waals surface area contributed by atoms with E-state index in [9.17, 15) is 22.8 Å². The van der Waals surface area contributed by atoms with Crippen LogP contribution >= 0.6 is 0 Å². The maximum Gasteiger partial charge on any atom is 0.330 e. The van der Waals surface area contributed by atoms with Gasteiger partial charge in [0.05, 0.1) is 15.8 Å². The number of carbonyl (C=O) groups is 1. The molecule has 0 spiro atoms. The van der Waals surface area contributed by atoms with Gasteiger partial charge in [-0.25, -0.2) is 13.2 Å². The van der Waals surface area contributed by atoms with E-state index in [-0.39, 0.29) is 10.3 Å². The fraction of sp³-hybridized carbons (Fsp3) is 0.222. The van der Waals surface area contributed by atoms with Crippen LogP contribution in [0.4, 0.5) is 0 Å². The summed E-state index contributed by atoms with van der Waals surface area (Å²) >= 11 is 0. The van der Waals surface area contributed by atoms with E-state index in [1.54, 1.807) is 30.3 Å². The number of fused-ring (bicyclic) bond motifs is 1. The van der Waals surface area contributed by atoms with Crippen molar-refractivity contribution in [2.24, 2.45) is 14.1 Å². The molecule has 37 heavy (non-hydrogen) atoms. The number of rotatable bonds is 9. The molecule has 0 bridgehead atoms. The molecule has 0 radical (unpaired) electrons. The highest BCUT2D eigenvalue weighted by Gasteiger charge is 2.27. The minimum absolute atomic E-state index is 0.0779. The van der Waals surface area contributed by atoms with Crippen molar-refractivity contribution in [2.75, 3.05) is 6.54 Å². The first-order chi connectivity index (χ1) is 17.7. The van der Waals surface area contributed by atoms with Crippen LogP contribution in [-0.4, -0.2) is 30.0 Å². The summed E-state index contributed by atoms with van der Waals surface area (Å²) in [5.41, 5.74) is 0.816. The fourth-order valence-corrected chi connectivity index (χ4v) is 5.34. The molecule has 0 saturated heterocycles. The van der Waals surface area contributed by atoms with Gasteiger partial charge in [-0.3, -0.25) is 18.7 Å². The molecule has 1 aromatic heterocycles. The van der Waals surface area contributed by atoms with Gasteiger partial charge in [-0.15, -0.1) is 0 Å². The third-order valence-electron chi connectivity index (χ3n) is 6.20. The van der Waals surface area contributed by atoms with Gasteiger partial charge in [0.15, 0.2) is 0 Å². The van der Waals surface area contributed by atoms with Crippen molar-refractivity contribution in [3.63, 3.8) is 0 Å². The molecular formula is C27H28N4O5S. The summed E-state index contributed by atoms with van der Waals surface area (Å²) in [6, 6.07) is 21.2. The number of aromatic nitrogens is 2. The number of sulfonamides is 1. The minimum atomic E-state index is -4.22. The van der Waals surface area contributed by atoms with Crippen LogP contribution in [0, 0.1) is 0 Å². The van der Waals surface area contributed by atoms with Crippen LogP contribution in [0.5, 0.6) is 0 Å². The highest BCUT2D eigenvalue weighted by atomic mass is 32.2. The molecule has 0 unspecified atom stereocenters. The molecule has 0 aliphatic rings. The Kier molecular flexibility index (Phi) is 7.70. The SMILES string of the molecule is Cn1c(=O)c2cc(S(=O)(=O)N[C@H](C(=O)NCCCc3ccccc3)c3ccccc3)ccc2n(C)c1=O. The quantitative estimate of drug-likeness (QED) is 0.327. The Morgan fingerprint density at radius 2 is 1.54 bits per heavy atom. The largest absolute Gasteiger partial charge is 0.354 e. The zero-order chi connectivity index (χ0) is 26.6. The summed E-state index contributed by atoms with van der Waals surface area (Å²) in [7, 11) is -1.38. The lowest BCUT2D eigenvalue weighted by atomic mass is 10.1. The number of carbonyl (C=O) groups excluding carboxylic acids is 1. The third-order valence-corrected chi connectivity index (χ3v) is 7.62. The van der Waals surface area contributed by atoms with Gasteiger partial charge in [-0.1, -0.05) is 60.7 Å². The zero-order valence-corrected chi connectivity index (χ0v) is 21.4. The first kappa shape index (κ1) is 26.1. The van der Waals surface area contributed by atoms with E-state index >= 15 is 0 Å². The Labute approximate surface area is 214 Å². The molecule has 3 aromatic carbocycles. The van der Waals surface area contributed by atoms with Crippen LogP contribution in [0.15, 0.2) is 93.3 Å². The Hall–Kier alpha value is -4.02. The Morgan fingerprint density at radius 1 is 0.892 bits per heavy atom. The molecule has 4 rings (SSSR count). The molecule has 1 heterocycles. The number of aryl methyl sites for hydroxylation is 2. The smallest absolute Gasteiger partial charge is 0.330 e. The maximum atomic E-state index is 13.4. The molecule has 2 N–H and O–H groups in total. The van der Waals surface area contributed by atoms with E-state index in [1.165, 1.54) is 36.9 Å². The number of amides is 1. The van der Waals surface area contributed by atoms with E-state index < -0.39 is 33.2 Å². The molecule has 0 aliphatic heterocycles. The van der Waals surface area contributed by atoms with Gasteiger partial charge < -0.3 is 5.32 Å². The first-order valence-corrected chi connectivity index (χ1v) is 13.3. The summed E-state index contributed by atoms with van der Waals surface area (Å²) in [6.07, 6.45) is 1.47. The standard InChI is InChI=1S/C27H28N4O5S/c1-30-23-16-15-21(18-22(23)26(33)31(2)27(30)34)37(35,36)29-24(20-13-7-4-8-14-20)25(32)28-17-9-12-19-10-5-3-6-11-19/h3-8,10-11,13-16,18,24,29H,9,12,17H2,1-2H3,(H,28,32)/t24-/m0/s1. The average Bonchev–Trinajstić information content (AvgIpc) is 2.92. The molecule has 0 aliphatic carbocycles. The predicted octanol–water partition coefficient (Wildman–Crippen LogP) is 2.01. The van der Waals surface area contributed by atoms with Crippen LogP contribution in [-0.2, 0) is 35.3 Å². The number of benzene rings is 3. The molecule has 4 aromatic rings. The second kappa shape index (κ2) is 10.9. The molecule has 1 amide bonds. The summed E-state index contributed by atoms with van der Waals surface area (Å²) in [5, 5.41) is 2.91. The Bertz CT molecular complexity index is 1650. The monoisotopic (exact) mass is 520 g/mol. The number of hydrogen-bond donors (Lipinski definition) is 2. The van der Waals surface area contributed by atoms with E-state index in [4.69, 9.17) is 0 Å². The Balaban J connectivity index is 1.58. The van der Waals surface area contributed by atoms with Crippen molar-refractivity contribution >= 4 is 26.8 Å². The number of nitrogens with zero attached hydrogens (tertiary/aromatic N) is 2. The van der Waals surface area contributed by atoms with Gasteiger partial charge >= 0.3 is 5.69 Å². The van der Waals surface area contributed by atoms with Crippen LogP contribution in [0.2, 0.25) is 0 Å². The molecular weight excluding hydrogens is 492 g/mol. The molecule has 192 valence electrons. The molecule has 0 saturated carbocycles. The van der Waals surface area contributed by atoms with Crippen LogP contribution < -0.4 is 21.3 Å². The molecule has 9 nitrogen and oxygen atoms in total. The lowest BCUT2D eigenvalue weighted by molar-refractivity contribution is -0.122. The highest BCUT2D eigenvalue weighted by molar-refractivity contribution is 7.89. The van der Waals surface area contributed by atoms with E-state index in [0.717, 1.165) is 16.6 Å². The second-order valence-corrected chi connectivity index (χ2v) is 10.4. The lowest BCUT2D eigenvalue weighted by Crippen LogP contribution is -2.41. The van der Waals surface area contributed by atoms with Crippen molar-refractivity contribution in [1.82, 2.24) is 19.2 Å². The van der Waals surface area contributed by atoms with E-state index in [0.29, 0.717) is 24.0 Å². The molecule has 1 atom stereocenters. The average molecular weight is 521 g/mol. The van der Waals surface area contributed by atoms with E-state index in [2.05, 4.69) is 10.0 Å². The Morgan fingerprint density at radius 3 is 2.22 bits per heavy atom. The molecule has 10 heteroatoms. The minimum Gasteiger partial charge on any atom is -0.354 e. The zero-order valence-electron chi connectivity index (χ0n) is 20.5. The van der Waals surface area contributed by atoms with Crippen LogP contribution in [0.1, 0.15) is 23.6 Å². The van der Waals surface area contributed by atoms with Gasteiger partial charge in [0.1, 0.15) is 6.04 Å². The van der Waals surface area contributed by atoms with Crippen molar-refractivity contribution < 1.29 is 13.2 Å². The summed E-state index contributed by atoms with van der Waals surface area (Å²) in [4.78, 5) is 37.8. The van der Waals surface area contributed by atoms with Crippen molar-refractivity contribution in [1.29, 1.82) is 0 Å². The normalized spacial score (nSPS) is 12.4. The summed E-state index contributed by atoms with van der Waals surface area (Å²) in [6.45, 7) is 0.374. The fourth-order valence-electron chi connectivity index (χ4n) is 4.13. The van der Waals surface area contributed by atoms with Gasteiger partial charge in [0, 0.05) is 20.6 Å². The highest BCUT2D eigenvalue weighted by Crippen LogP contribution is 2.20. The predicted molar refractivity (Wildman–Crippen MR) is 142 cm³/mol.